The molecule has 0 aromatic heterocycles. The van der Waals surface area contributed by atoms with Crippen molar-refractivity contribution in [1.82, 2.24) is 0 Å². The van der Waals surface area contributed by atoms with Gasteiger partial charge in [0.25, 0.3) is 0 Å². The summed E-state index contributed by atoms with van der Waals surface area (Å²) in [6, 6.07) is 26.4. The molecule has 4 N–H and O–H groups in total. The summed E-state index contributed by atoms with van der Waals surface area (Å²) in [5.74, 6) is 0.567. The molecule has 4 rings (SSSR count). The molecule has 0 amide bonds. The molecular formula is C28H28O8Si-. The molecule has 0 spiro atoms. The van der Waals surface area contributed by atoms with Gasteiger partial charge < -0.3 is 38.1 Å². The SMILES string of the molecule is Oc1ccc(CO[Si-](OCc2ccc(O)cc2)(OCc2ccc(O)cc2)OCc2ccc(O)cc2)cc1. The topological polar surface area (TPSA) is 118 Å². The fourth-order valence-corrected chi connectivity index (χ4v) is 5.18. The monoisotopic (exact) mass is 520 g/mol. The first-order valence-corrected chi connectivity index (χ1v) is 13.2. The predicted octanol–water partition coefficient (Wildman–Crippen LogP) is 5.11. The molecule has 0 aliphatic carbocycles. The van der Waals surface area contributed by atoms with E-state index < -0.39 is 9.05 Å². The minimum absolute atomic E-state index is 0.104. The van der Waals surface area contributed by atoms with Crippen LogP contribution in [0.15, 0.2) is 97.1 Å². The second-order valence-electron chi connectivity index (χ2n) is 8.32. The highest BCUT2D eigenvalue weighted by Gasteiger charge is 2.30. The van der Waals surface area contributed by atoms with Crippen LogP contribution < -0.4 is 0 Å². The zero-order valence-corrected chi connectivity index (χ0v) is 21.0. The van der Waals surface area contributed by atoms with Gasteiger partial charge in [-0.1, -0.05) is 48.5 Å². The molecule has 8 nitrogen and oxygen atoms in total. The Morgan fingerprint density at radius 2 is 0.541 bits per heavy atom. The van der Waals surface area contributed by atoms with Crippen molar-refractivity contribution in [1.29, 1.82) is 0 Å². The molecule has 0 atom stereocenters. The van der Waals surface area contributed by atoms with Gasteiger partial charge in [0.05, 0.1) is 0 Å². The van der Waals surface area contributed by atoms with E-state index in [0.29, 0.717) is 0 Å². The van der Waals surface area contributed by atoms with Gasteiger partial charge in [0.1, 0.15) is 23.0 Å². The lowest BCUT2D eigenvalue weighted by Crippen LogP contribution is -2.48. The Kier molecular flexibility index (Phi) is 8.78. The summed E-state index contributed by atoms with van der Waals surface area (Å²) in [7, 11) is -3.83. The van der Waals surface area contributed by atoms with Crippen molar-refractivity contribution in [2.45, 2.75) is 26.4 Å². The Morgan fingerprint density at radius 3 is 0.730 bits per heavy atom. The fourth-order valence-electron chi connectivity index (χ4n) is 3.31. The first-order valence-electron chi connectivity index (χ1n) is 11.6. The van der Waals surface area contributed by atoms with Crippen molar-refractivity contribution >= 4 is 9.05 Å². The van der Waals surface area contributed by atoms with E-state index in [1.54, 1.807) is 97.1 Å². The van der Waals surface area contributed by atoms with Gasteiger partial charge in [-0.05, 0) is 70.8 Å². The van der Waals surface area contributed by atoms with E-state index in [1.807, 2.05) is 0 Å². The Balaban J connectivity index is 1.58. The lowest BCUT2D eigenvalue weighted by molar-refractivity contribution is -0.0521. The zero-order valence-electron chi connectivity index (χ0n) is 20.0. The molecule has 0 aliphatic heterocycles. The van der Waals surface area contributed by atoms with E-state index in [2.05, 4.69) is 0 Å². The van der Waals surface area contributed by atoms with Crippen LogP contribution in [0.5, 0.6) is 23.0 Å². The van der Waals surface area contributed by atoms with Gasteiger partial charge in [-0.25, -0.2) is 0 Å². The third-order valence-electron chi connectivity index (χ3n) is 5.41. The molecule has 4 aromatic rings. The third kappa shape index (κ3) is 8.07. The molecule has 0 heterocycles. The second-order valence-corrected chi connectivity index (χ2v) is 10.5. The van der Waals surface area contributed by atoms with Crippen LogP contribution in [0.1, 0.15) is 22.3 Å². The number of hydrogen-bond acceptors (Lipinski definition) is 8. The molecule has 0 saturated carbocycles. The van der Waals surface area contributed by atoms with Gasteiger partial charge in [-0.2, -0.15) is 0 Å². The second kappa shape index (κ2) is 12.4. The van der Waals surface area contributed by atoms with Crippen LogP contribution in [0, 0.1) is 0 Å². The molecular weight excluding hydrogens is 492 g/mol. The van der Waals surface area contributed by atoms with E-state index in [1.165, 1.54) is 0 Å². The summed E-state index contributed by atoms with van der Waals surface area (Å²) in [6.07, 6.45) is 0. The lowest BCUT2D eigenvalue weighted by Gasteiger charge is -2.42. The smallest absolute Gasteiger partial charge is 0.451 e. The molecule has 0 fully saturated rings. The van der Waals surface area contributed by atoms with Crippen molar-refractivity contribution < 1.29 is 38.1 Å². The van der Waals surface area contributed by atoms with Gasteiger partial charge in [-0.3, -0.25) is 0 Å². The maximum Gasteiger partial charge on any atom is 0.451 e. The maximum absolute atomic E-state index is 9.61. The van der Waals surface area contributed by atoms with Gasteiger partial charge >= 0.3 is 9.05 Å². The highest BCUT2D eigenvalue weighted by molar-refractivity contribution is 6.53. The van der Waals surface area contributed by atoms with Crippen molar-refractivity contribution in [3.8, 4) is 23.0 Å². The normalized spacial score (nSPS) is 11.5. The molecule has 0 aliphatic rings. The van der Waals surface area contributed by atoms with Crippen molar-refractivity contribution in [3.05, 3.63) is 119 Å². The quantitative estimate of drug-likeness (QED) is 0.190. The van der Waals surface area contributed by atoms with Crippen LogP contribution in [0.25, 0.3) is 0 Å². The number of rotatable bonds is 12. The summed E-state index contributed by atoms with van der Waals surface area (Å²) in [5.41, 5.74) is 3.13. The number of aromatic hydroxyl groups is 4. The number of phenols is 4. The standard InChI is InChI=1S/C28H28O8Si/c29-25-9-1-21(2-10-25)17-33-37(34-18-22-3-11-26(30)12-4-22,35-19-23-5-13-27(31)14-6-23)36-20-24-7-15-28(32)16-8-24/h1-16,29-32H,17-20H2/q-1. The van der Waals surface area contributed by atoms with E-state index in [4.69, 9.17) is 17.7 Å². The minimum Gasteiger partial charge on any atom is -0.508 e. The fraction of sp³-hybridized carbons (Fsp3) is 0.143. The zero-order chi connectivity index (χ0) is 26.1. The largest absolute Gasteiger partial charge is 0.508 e. The summed E-state index contributed by atoms with van der Waals surface area (Å²) in [4.78, 5) is 0. The van der Waals surface area contributed by atoms with Gasteiger partial charge in [-0.15, -0.1) is 0 Å². The molecule has 37 heavy (non-hydrogen) atoms. The van der Waals surface area contributed by atoms with Crippen molar-refractivity contribution in [2.75, 3.05) is 0 Å². The highest BCUT2D eigenvalue weighted by atomic mass is 28.4. The van der Waals surface area contributed by atoms with Gasteiger partial charge in [0.2, 0.25) is 0 Å². The average molecular weight is 521 g/mol. The van der Waals surface area contributed by atoms with Gasteiger partial charge in [0, 0.05) is 26.4 Å². The van der Waals surface area contributed by atoms with E-state index in [0.717, 1.165) is 22.3 Å². The first kappa shape index (κ1) is 26.2. The number of phenolic OH excluding ortho intramolecular Hbond substituents is 4. The van der Waals surface area contributed by atoms with Crippen LogP contribution in [0.3, 0.4) is 0 Å². The third-order valence-corrected chi connectivity index (χ3v) is 7.40. The Hall–Kier alpha value is -3.86. The first-order chi connectivity index (χ1) is 17.9. The van der Waals surface area contributed by atoms with Gasteiger partial charge in [0.15, 0.2) is 0 Å². The molecule has 9 heteroatoms. The molecule has 0 unspecified atom stereocenters. The maximum atomic E-state index is 9.61. The van der Waals surface area contributed by atoms with Crippen LogP contribution in [0.4, 0.5) is 0 Å². The summed E-state index contributed by atoms with van der Waals surface area (Å²) in [5, 5.41) is 38.5. The Labute approximate surface area is 216 Å². The van der Waals surface area contributed by atoms with E-state index in [9.17, 15) is 20.4 Å². The lowest BCUT2D eigenvalue weighted by atomic mass is 10.2. The van der Waals surface area contributed by atoms with Crippen LogP contribution >= 0.6 is 0 Å². The molecule has 0 saturated heterocycles. The van der Waals surface area contributed by atoms with E-state index in [-0.39, 0.29) is 49.4 Å². The summed E-state index contributed by atoms with van der Waals surface area (Å²) < 4.78 is 24.9. The Morgan fingerprint density at radius 1 is 0.351 bits per heavy atom. The van der Waals surface area contributed by atoms with Crippen LogP contribution in [-0.4, -0.2) is 29.5 Å². The number of hydrogen-bond donors (Lipinski definition) is 4. The van der Waals surface area contributed by atoms with Crippen LogP contribution in [-0.2, 0) is 44.1 Å². The van der Waals surface area contributed by atoms with Crippen LogP contribution in [0.2, 0.25) is 0 Å². The minimum atomic E-state index is -3.83. The van der Waals surface area contributed by atoms with E-state index >= 15 is 0 Å². The summed E-state index contributed by atoms with van der Waals surface area (Å²) in [6.45, 7) is 0.418. The highest BCUT2D eigenvalue weighted by Crippen LogP contribution is 2.24. The average Bonchev–Trinajstić information content (AvgIpc) is 2.91. The van der Waals surface area contributed by atoms with Crippen molar-refractivity contribution in [3.63, 3.8) is 0 Å². The Bertz CT molecular complexity index is 1040. The predicted molar refractivity (Wildman–Crippen MR) is 137 cm³/mol. The van der Waals surface area contributed by atoms with Crippen molar-refractivity contribution in [2.24, 2.45) is 0 Å². The molecule has 0 radical (unpaired) electrons. The number of benzene rings is 4. The summed E-state index contributed by atoms with van der Waals surface area (Å²) >= 11 is 0. The molecule has 193 valence electrons. The molecule has 0 bridgehead atoms. The molecule has 4 aromatic carbocycles.